The molecule has 0 aliphatic rings. The number of carbonyl (C=O) groups excluding carboxylic acids is 1. The summed E-state index contributed by atoms with van der Waals surface area (Å²) < 4.78 is 10.2. The summed E-state index contributed by atoms with van der Waals surface area (Å²) in [4.78, 5) is 11.6. The molecule has 0 radical (unpaired) electrons. The maximum atomic E-state index is 11.6. The molecule has 1 aromatic carbocycles. The third-order valence-corrected chi connectivity index (χ3v) is 2.94. The fourth-order valence-electron chi connectivity index (χ4n) is 1.80. The molecule has 0 bridgehead atoms. The first-order valence-electron chi connectivity index (χ1n) is 6.72. The molecule has 0 aliphatic heterocycles. The standard InChI is InChI=1S/C16H23NO3/c1-5-10-20-14-8-6-13(7-9-14)11-17-15(12(2)3)16(18)19-4/h5-9,12,15,17H,1,10-11H2,2-4H3/t15-/m0/s1. The van der Waals surface area contributed by atoms with Crippen LogP contribution >= 0.6 is 0 Å². The summed E-state index contributed by atoms with van der Waals surface area (Å²) in [5.74, 6) is 0.755. The topological polar surface area (TPSA) is 47.6 Å². The van der Waals surface area contributed by atoms with Gasteiger partial charge in [0.15, 0.2) is 0 Å². The Bertz CT molecular complexity index is 426. The number of ether oxygens (including phenoxy) is 2. The smallest absolute Gasteiger partial charge is 0.323 e. The quantitative estimate of drug-likeness (QED) is 0.586. The monoisotopic (exact) mass is 277 g/mol. The van der Waals surface area contributed by atoms with Crippen LogP contribution in [0.4, 0.5) is 0 Å². The van der Waals surface area contributed by atoms with Crippen LogP contribution in [0, 0.1) is 5.92 Å². The summed E-state index contributed by atoms with van der Waals surface area (Å²) in [6.45, 7) is 8.68. The van der Waals surface area contributed by atoms with Crippen LogP contribution in [0.5, 0.6) is 5.75 Å². The Balaban J connectivity index is 2.55. The summed E-state index contributed by atoms with van der Waals surface area (Å²) in [7, 11) is 1.41. The first kappa shape index (κ1) is 16.2. The van der Waals surface area contributed by atoms with Crippen molar-refractivity contribution in [3.63, 3.8) is 0 Å². The van der Waals surface area contributed by atoms with Crippen LogP contribution in [-0.4, -0.2) is 25.7 Å². The van der Waals surface area contributed by atoms with Gasteiger partial charge in [-0.05, 0) is 23.6 Å². The predicted octanol–water partition coefficient (Wildman–Crippen LogP) is 2.54. The number of methoxy groups -OCH3 is 1. The van der Waals surface area contributed by atoms with E-state index in [2.05, 4.69) is 11.9 Å². The van der Waals surface area contributed by atoms with Crippen LogP contribution in [0.1, 0.15) is 19.4 Å². The van der Waals surface area contributed by atoms with E-state index in [-0.39, 0.29) is 17.9 Å². The molecule has 1 aromatic rings. The van der Waals surface area contributed by atoms with E-state index in [1.54, 1.807) is 6.08 Å². The van der Waals surface area contributed by atoms with Crippen LogP contribution in [0.2, 0.25) is 0 Å². The number of hydrogen-bond acceptors (Lipinski definition) is 4. The molecule has 0 saturated heterocycles. The highest BCUT2D eigenvalue weighted by Gasteiger charge is 2.21. The van der Waals surface area contributed by atoms with Gasteiger partial charge in [0, 0.05) is 6.54 Å². The molecule has 0 saturated carbocycles. The molecule has 4 heteroatoms. The lowest BCUT2D eigenvalue weighted by Crippen LogP contribution is -2.41. The van der Waals surface area contributed by atoms with Gasteiger partial charge in [0.2, 0.25) is 0 Å². The molecule has 1 rings (SSSR count). The fraction of sp³-hybridized carbons (Fsp3) is 0.438. The summed E-state index contributed by atoms with van der Waals surface area (Å²) in [5, 5.41) is 3.22. The number of rotatable bonds is 8. The Kier molecular flexibility index (Phi) is 6.81. The molecule has 1 N–H and O–H groups in total. The third-order valence-electron chi connectivity index (χ3n) is 2.94. The van der Waals surface area contributed by atoms with Gasteiger partial charge >= 0.3 is 5.97 Å². The van der Waals surface area contributed by atoms with E-state index in [4.69, 9.17) is 9.47 Å². The van der Waals surface area contributed by atoms with Gasteiger partial charge in [-0.2, -0.15) is 0 Å². The van der Waals surface area contributed by atoms with Crippen molar-refractivity contribution in [2.24, 2.45) is 5.92 Å². The van der Waals surface area contributed by atoms with E-state index in [9.17, 15) is 4.79 Å². The molecule has 20 heavy (non-hydrogen) atoms. The minimum atomic E-state index is -0.295. The summed E-state index contributed by atoms with van der Waals surface area (Å²) in [6.07, 6.45) is 1.71. The summed E-state index contributed by atoms with van der Waals surface area (Å²) in [5.41, 5.74) is 1.09. The van der Waals surface area contributed by atoms with Gasteiger partial charge in [-0.25, -0.2) is 0 Å². The Morgan fingerprint density at radius 3 is 2.50 bits per heavy atom. The van der Waals surface area contributed by atoms with Crippen molar-refractivity contribution in [3.8, 4) is 5.75 Å². The number of nitrogens with one attached hydrogen (secondary N) is 1. The number of carbonyl (C=O) groups is 1. The van der Waals surface area contributed by atoms with Crippen molar-refractivity contribution in [2.45, 2.75) is 26.4 Å². The lowest BCUT2D eigenvalue weighted by Gasteiger charge is -2.19. The van der Waals surface area contributed by atoms with Crippen molar-refractivity contribution in [1.82, 2.24) is 5.32 Å². The molecule has 0 fully saturated rings. The van der Waals surface area contributed by atoms with E-state index in [0.29, 0.717) is 13.2 Å². The molecule has 0 amide bonds. The lowest BCUT2D eigenvalue weighted by molar-refractivity contribution is -0.144. The van der Waals surface area contributed by atoms with Crippen molar-refractivity contribution < 1.29 is 14.3 Å². The van der Waals surface area contributed by atoms with Crippen LogP contribution in [0.25, 0.3) is 0 Å². The Labute approximate surface area is 120 Å². The van der Waals surface area contributed by atoms with Crippen LogP contribution in [0.15, 0.2) is 36.9 Å². The summed E-state index contributed by atoms with van der Waals surface area (Å²) >= 11 is 0. The number of esters is 1. The van der Waals surface area contributed by atoms with Gasteiger partial charge in [0.25, 0.3) is 0 Å². The van der Waals surface area contributed by atoms with E-state index in [0.717, 1.165) is 11.3 Å². The van der Waals surface area contributed by atoms with Gasteiger partial charge in [-0.1, -0.05) is 38.6 Å². The molecular weight excluding hydrogens is 254 g/mol. The van der Waals surface area contributed by atoms with Crippen LogP contribution in [0.3, 0.4) is 0 Å². The molecule has 0 aliphatic carbocycles. The zero-order valence-corrected chi connectivity index (χ0v) is 12.4. The van der Waals surface area contributed by atoms with Crippen molar-refractivity contribution in [2.75, 3.05) is 13.7 Å². The predicted molar refractivity (Wildman–Crippen MR) is 79.6 cm³/mol. The van der Waals surface area contributed by atoms with Crippen LogP contribution in [-0.2, 0) is 16.1 Å². The van der Waals surface area contributed by atoms with Gasteiger partial charge in [0.05, 0.1) is 7.11 Å². The second-order valence-electron chi connectivity index (χ2n) is 4.87. The Hall–Kier alpha value is -1.81. The first-order chi connectivity index (χ1) is 9.58. The minimum absolute atomic E-state index is 0.178. The first-order valence-corrected chi connectivity index (χ1v) is 6.72. The van der Waals surface area contributed by atoms with Gasteiger partial charge in [-0.3, -0.25) is 4.79 Å². The van der Waals surface area contributed by atoms with E-state index >= 15 is 0 Å². The van der Waals surface area contributed by atoms with Crippen molar-refractivity contribution in [3.05, 3.63) is 42.5 Å². The molecule has 0 heterocycles. The average Bonchev–Trinajstić information content (AvgIpc) is 2.45. The molecule has 1 atom stereocenters. The normalized spacial score (nSPS) is 12.0. The molecule has 110 valence electrons. The van der Waals surface area contributed by atoms with Crippen LogP contribution < -0.4 is 10.1 Å². The van der Waals surface area contributed by atoms with E-state index in [1.165, 1.54) is 7.11 Å². The lowest BCUT2D eigenvalue weighted by atomic mass is 10.0. The molecule has 0 spiro atoms. The van der Waals surface area contributed by atoms with Crippen molar-refractivity contribution in [1.29, 1.82) is 0 Å². The van der Waals surface area contributed by atoms with E-state index in [1.807, 2.05) is 38.1 Å². The third kappa shape index (κ3) is 5.05. The highest BCUT2D eigenvalue weighted by Crippen LogP contribution is 2.13. The second kappa shape index (κ2) is 8.38. The highest BCUT2D eigenvalue weighted by molar-refractivity contribution is 5.75. The van der Waals surface area contributed by atoms with Crippen molar-refractivity contribution >= 4 is 5.97 Å². The minimum Gasteiger partial charge on any atom is -0.490 e. The van der Waals surface area contributed by atoms with Gasteiger partial charge in [-0.15, -0.1) is 0 Å². The maximum absolute atomic E-state index is 11.6. The molecule has 4 nitrogen and oxygen atoms in total. The fourth-order valence-corrected chi connectivity index (χ4v) is 1.80. The van der Waals surface area contributed by atoms with Gasteiger partial charge in [0.1, 0.15) is 18.4 Å². The molecular formula is C16H23NO3. The zero-order valence-electron chi connectivity index (χ0n) is 12.4. The van der Waals surface area contributed by atoms with Gasteiger partial charge < -0.3 is 14.8 Å². The number of benzene rings is 1. The average molecular weight is 277 g/mol. The zero-order chi connectivity index (χ0) is 15.0. The largest absolute Gasteiger partial charge is 0.490 e. The molecule has 0 aromatic heterocycles. The molecule has 0 unspecified atom stereocenters. The Morgan fingerprint density at radius 2 is 2.00 bits per heavy atom. The SMILES string of the molecule is C=CCOc1ccc(CN[C@H](C(=O)OC)C(C)C)cc1. The number of hydrogen-bond donors (Lipinski definition) is 1. The highest BCUT2D eigenvalue weighted by atomic mass is 16.5. The van der Waals surface area contributed by atoms with E-state index < -0.39 is 0 Å². The maximum Gasteiger partial charge on any atom is 0.323 e. The second-order valence-corrected chi connectivity index (χ2v) is 4.87. The Morgan fingerprint density at radius 1 is 1.35 bits per heavy atom. The summed E-state index contributed by atoms with van der Waals surface area (Å²) in [6, 6.07) is 7.46.